The van der Waals surface area contributed by atoms with Crippen molar-refractivity contribution in [1.29, 1.82) is 0 Å². The maximum atomic E-state index is 12.9. The number of hydrogen-bond donors (Lipinski definition) is 1. The lowest BCUT2D eigenvalue weighted by atomic mass is 10.0. The molecule has 4 heterocycles. The zero-order chi connectivity index (χ0) is 17.2. The summed E-state index contributed by atoms with van der Waals surface area (Å²) < 4.78 is 1.95. The Kier molecular flexibility index (Phi) is 4.01. The second kappa shape index (κ2) is 6.46. The summed E-state index contributed by atoms with van der Waals surface area (Å²) in [6, 6.07) is 3.41. The van der Waals surface area contributed by atoms with Crippen molar-refractivity contribution in [2.45, 2.75) is 32.4 Å². The van der Waals surface area contributed by atoms with Gasteiger partial charge in [-0.3, -0.25) is 9.78 Å². The summed E-state index contributed by atoms with van der Waals surface area (Å²) in [7, 11) is 0. The van der Waals surface area contributed by atoms with E-state index in [0.29, 0.717) is 17.9 Å². The normalized spacial score (nSPS) is 17.9. The summed E-state index contributed by atoms with van der Waals surface area (Å²) in [5.74, 6) is 0.629. The quantitative estimate of drug-likeness (QED) is 0.781. The van der Waals surface area contributed by atoms with Crippen LogP contribution in [0.1, 0.15) is 19.8 Å². The number of aromatic nitrogens is 5. The molecule has 0 saturated carbocycles. The number of nitrogens with one attached hydrogen (secondary N) is 1. The largest absolute Gasteiger partial charge is 0.356 e. The number of anilines is 2. The Bertz CT molecular complexity index is 892. The molecule has 3 aromatic heterocycles. The van der Waals surface area contributed by atoms with Crippen molar-refractivity contribution < 1.29 is 4.79 Å². The van der Waals surface area contributed by atoms with Crippen LogP contribution in [0.2, 0.25) is 0 Å². The van der Waals surface area contributed by atoms with Crippen LogP contribution in [0.3, 0.4) is 0 Å². The molecule has 0 aromatic carbocycles. The van der Waals surface area contributed by atoms with Crippen molar-refractivity contribution in [3.8, 4) is 0 Å². The van der Waals surface area contributed by atoms with Crippen LogP contribution in [-0.2, 0) is 11.3 Å². The van der Waals surface area contributed by atoms with Crippen LogP contribution in [0.15, 0.2) is 37.2 Å². The average Bonchev–Trinajstić information content (AvgIpc) is 3.08. The van der Waals surface area contributed by atoms with Crippen molar-refractivity contribution in [1.82, 2.24) is 24.5 Å². The number of amides is 1. The summed E-state index contributed by atoms with van der Waals surface area (Å²) in [6.45, 7) is 3.52. The van der Waals surface area contributed by atoms with Gasteiger partial charge in [0.25, 0.3) is 0 Å². The highest BCUT2D eigenvalue weighted by molar-refractivity contribution is 6.00. The van der Waals surface area contributed by atoms with E-state index >= 15 is 0 Å². The first-order valence-corrected chi connectivity index (χ1v) is 8.41. The molecule has 1 aliphatic rings. The SMILES string of the molecule is CCn1cnc2c(N[C@H]3CCCN(c4cccnc4)C3=O)ncnc21. The zero-order valence-corrected chi connectivity index (χ0v) is 14.0. The van der Waals surface area contributed by atoms with Crippen LogP contribution in [0.4, 0.5) is 11.5 Å². The van der Waals surface area contributed by atoms with E-state index < -0.39 is 0 Å². The lowest BCUT2D eigenvalue weighted by Crippen LogP contribution is -2.48. The molecule has 1 aliphatic heterocycles. The van der Waals surface area contributed by atoms with Gasteiger partial charge in [0.2, 0.25) is 5.91 Å². The highest BCUT2D eigenvalue weighted by atomic mass is 16.2. The highest BCUT2D eigenvalue weighted by Crippen LogP contribution is 2.24. The Balaban J connectivity index is 1.60. The van der Waals surface area contributed by atoms with Crippen LogP contribution in [-0.4, -0.2) is 43.0 Å². The molecule has 128 valence electrons. The molecule has 8 nitrogen and oxygen atoms in total. The molecule has 0 radical (unpaired) electrons. The summed E-state index contributed by atoms with van der Waals surface area (Å²) in [5, 5.41) is 3.27. The Hall–Kier alpha value is -3.03. The third-order valence-corrected chi connectivity index (χ3v) is 4.45. The van der Waals surface area contributed by atoms with Gasteiger partial charge in [-0.05, 0) is 31.9 Å². The van der Waals surface area contributed by atoms with Crippen LogP contribution in [0.25, 0.3) is 11.2 Å². The molecule has 1 atom stereocenters. The van der Waals surface area contributed by atoms with Gasteiger partial charge in [-0.15, -0.1) is 0 Å². The zero-order valence-electron chi connectivity index (χ0n) is 14.0. The fourth-order valence-electron chi connectivity index (χ4n) is 3.16. The Morgan fingerprint density at radius 3 is 3.04 bits per heavy atom. The third-order valence-electron chi connectivity index (χ3n) is 4.45. The van der Waals surface area contributed by atoms with Gasteiger partial charge in [0.05, 0.1) is 18.2 Å². The maximum Gasteiger partial charge on any atom is 0.249 e. The molecular formula is C17H19N7O. The average molecular weight is 337 g/mol. The van der Waals surface area contributed by atoms with E-state index in [1.165, 1.54) is 6.33 Å². The van der Waals surface area contributed by atoms with E-state index in [1.807, 2.05) is 23.6 Å². The number of rotatable bonds is 4. The Labute approximate surface area is 144 Å². The minimum absolute atomic E-state index is 0.0286. The minimum atomic E-state index is -0.334. The van der Waals surface area contributed by atoms with Gasteiger partial charge >= 0.3 is 0 Å². The molecule has 1 N–H and O–H groups in total. The molecule has 3 aromatic rings. The molecule has 4 rings (SSSR count). The van der Waals surface area contributed by atoms with Gasteiger partial charge in [-0.25, -0.2) is 15.0 Å². The smallest absolute Gasteiger partial charge is 0.249 e. The first kappa shape index (κ1) is 15.5. The molecule has 0 bridgehead atoms. The molecule has 0 aliphatic carbocycles. The predicted molar refractivity (Wildman–Crippen MR) is 94.2 cm³/mol. The lowest BCUT2D eigenvalue weighted by molar-refractivity contribution is -0.120. The summed E-state index contributed by atoms with van der Waals surface area (Å²) >= 11 is 0. The number of fused-ring (bicyclic) bond motifs is 1. The van der Waals surface area contributed by atoms with Gasteiger partial charge in [-0.1, -0.05) is 0 Å². The summed E-state index contributed by atoms with van der Waals surface area (Å²) in [4.78, 5) is 31.8. The lowest BCUT2D eigenvalue weighted by Gasteiger charge is -2.32. The fourth-order valence-corrected chi connectivity index (χ4v) is 3.16. The van der Waals surface area contributed by atoms with Gasteiger partial charge in [0.1, 0.15) is 17.9 Å². The molecule has 0 spiro atoms. The highest BCUT2D eigenvalue weighted by Gasteiger charge is 2.30. The molecule has 1 saturated heterocycles. The van der Waals surface area contributed by atoms with E-state index in [-0.39, 0.29) is 11.9 Å². The number of piperidine rings is 1. The molecule has 1 amide bonds. The van der Waals surface area contributed by atoms with Crippen molar-refractivity contribution in [2.75, 3.05) is 16.8 Å². The van der Waals surface area contributed by atoms with Gasteiger partial charge in [0, 0.05) is 19.3 Å². The van der Waals surface area contributed by atoms with E-state index in [9.17, 15) is 4.79 Å². The van der Waals surface area contributed by atoms with Crippen LogP contribution >= 0.6 is 0 Å². The summed E-state index contributed by atoms with van der Waals surface area (Å²) in [6.07, 6.45) is 8.34. The van der Waals surface area contributed by atoms with E-state index in [2.05, 4.69) is 25.3 Å². The van der Waals surface area contributed by atoms with Gasteiger partial charge in [0.15, 0.2) is 11.5 Å². The third kappa shape index (κ3) is 2.79. The first-order chi connectivity index (χ1) is 12.3. The number of carbonyl (C=O) groups is 1. The predicted octanol–water partition coefficient (Wildman–Crippen LogP) is 1.85. The number of carbonyl (C=O) groups excluding carboxylic acids is 1. The van der Waals surface area contributed by atoms with Gasteiger partial charge in [-0.2, -0.15) is 0 Å². The maximum absolute atomic E-state index is 12.9. The van der Waals surface area contributed by atoms with E-state index in [4.69, 9.17) is 0 Å². The number of hydrogen-bond acceptors (Lipinski definition) is 6. The van der Waals surface area contributed by atoms with Crippen molar-refractivity contribution in [2.24, 2.45) is 0 Å². The minimum Gasteiger partial charge on any atom is -0.356 e. The van der Waals surface area contributed by atoms with E-state index in [1.54, 1.807) is 23.6 Å². The van der Waals surface area contributed by atoms with Crippen molar-refractivity contribution in [3.63, 3.8) is 0 Å². The van der Waals surface area contributed by atoms with Crippen molar-refractivity contribution in [3.05, 3.63) is 37.2 Å². The van der Waals surface area contributed by atoms with E-state index in [0.717, 1.165) is 30.7 Å². The fraction of sp³-hybridized carbons (Fsp3) is 0.353. The molecule has 25 heavy (non-hydrogen) atoms. The topological polar surface area (TPSA) is 88.8 Å². The standard InChI is InChI=1S/C17H19N7O/c1-2-23-11-21-14-15(19-10-20-16(14)23)22-13-6-4-8-24(17(13)25)12-5-3-7-18-9-12/h3,5,7,9-11,13H,2,4,6,8H2,1H3,(H,19,20,22)/t13-/m0/s1. The number of nitrogens with zero attached hydrogens (tertiary/aromatic N) is 6. The monoisotopic (exact) mass is 337 g/mol. The molecule has 1 fully saturated rings. The van der Waals surface area contributed by atoms with Crippen LogP contribution in [0.5, 0.6) is 0 Å². The molecule has 0 unspecified atom stereocenters. The second-order valence-electron chi connectivity index (χ2n) is 5.97. The van der Waals surface area contributed by atoms with Gasteiger partial charge < -0.3 is 14.8 Å². The first-order valence-electron chi connectivity index (χ1n) is 8.41. The number of pyridine rings is 1. The summed E-state index contributed by atoms with van der Waals surface area (Å²) in [5.41, 5.74) is 2.28. The van der Waals surface area contributed by atoms with Crippen LogP contribution < -0.4 is 10.2 Å². The second-order valence-corrected chi connectivity index (χ2v) is 5.97. The molecule has 8 heteroatoms. The number of aryl methyl sites for hydroxylation is 1. The van der Waals surface area contributed by atoms with Crippen molar-refractivity contribution >= 4 is 28.6 Å². The Morgan fingerprint density at radius 1 is 1.32 bits per heavy atom. The Morgan fingerprint density at radius 2 is 2.24 bits per heavy atom. The van der Waals surface area contributed by atoms with Crippen LogP contribution in [0, 0.1) is 0 Å². The number of imidazole rings is 1. The molecular weight excluding hydrogens is 318 g/mol.